The van der Waals surface area contributed by atoms with Crippen LogP contribution in [0.25, 0.3) is 0 Å². The second-order valence-electron chi connectivity index (χ2n) is 7.61. The van der Waals surface area contributed by atoms with Crippen LogP contribution in [0, 0.1) is 0 Å². The van der Waals surface area contributed by atoms with Gasteiger partial charge < -0.3 is 25.0 Å². The Labute approximate surface area is 182 Å². The largest absolute Gasteiger partial charge is 0.444 e. The fourth-order valence-electron chi connectivity index (χ4n) is 2.89. The van der Waals surface area contributed by atoms with Crippen LogP contribution in [-0.4, -0.2) is 68.5 Å². The van der Waals surface area contributed by atoms with E-state index in [1.807, 2.05) is 32.6 Å². The fourth-order valence-corrected chi connectivity index (χ4v) is 2.89. The van der Waals surface area contributed by atoms with Crippen molar-refractivity contribution in [1.29, 1.82) is 0 Å². The molecule has 1 fully saturated rings. The van der Waals surface area contributed by atoms with Gasteiger partial charge in [0.25, 0.3) is 0 Å². The maximum absolute atomic E-state index is 12.5. The van der Waals surface area contributed by atoms with Gasteiger partial charge in [-0.15, -0.1) is 24.0 Å². The van der Waals surface area contributed by atoms with Gasteiger partial charge in [0.15, 0.2) is 5.96 Å². The molecule has 0 aromatic carbocycles. The van der Waals surface area contributed by atoms with Crippen molar-refractivity contribution >= 4 is 36.0 Å². The second kappa shape index (κ2) is 14.3. The molecule has 27 heavy (non-hydrogen) atoms. The average molecular weight is 498 g/mol. The Balaban J connectivity index is 0.00000676. The third-order valence-electron chi connectivity index (χ3n) is 4.20. The van der Waals surface area contributed by atoms with Gasteiger partial charge in [-0.1, -0.05) is 0 Å². The lowest BCUT2D eigenvalue weighted by Crippen LogP contribution is -2.52. The highest BCUT2D eigenvalue weighted by Gasteiger charge is 2.30. The van der Waals surface area contributed by atoms with Crippen molar-refractivity contribution in [2.24, 2.45) is 4.99 Å². The normalized spacial score (nSPS) is 17.9. The molecule has 1 atom stereocenters. The molecule has 0 bridgehead atoms. The van der Waals surface area contributed by atoms with Crippen molar-refractivity contribution in [3.8, 4) is 0 Å². The van der Waals surface area contributed by atoms with E-state index in [-0.39, 0.29) is 36.1 Å². The van der Waals surface area contributed by atoms with Gasteiger partial charge in [-0.05, 0) is 59.8 Å². The van der Waals surface area contributed by atoms with Gasteiger partial charge in [0.2, 0.25) is 0 Å². The van der Waals surface area contributed by atoms with E-state index < -0.39 is 5.60 Å². The number of hydrogen-bond acceptors (Lipinski definition) is 4. The molecular weight excluding hydrogens is 459 g/mol. The molecule has 1 rings (SSSR count). The van der Waals surface area contributed by atoms with E-state index in [1.165, 1.54) is 0 Å². The minimum Gasteiger partial charge on any atom is -0.444 e. The Morgan fingerprint density at radius 3 is 2.59 bits per heavy atom. The van der Waals surface area contributed by atoms with Crippen molar-refractivity contribution in [2.75, 3.05) is 39.9 Å². The summed E-state index contributed by atoms with van der Waals surface area (Å²) in [5.74, 6) is 0.774. The number of nitrogens with zero attached hydrogens (tertiary/aromatic N) is 2. The highest BCUT2D eigenvalue weighted by molar-refractivity contribution is 14.0. The number of ether oxygens (including phenoxy) is 2. The number of nitrogens with one attached hydrogen (secondary N) is 2. The number of unbranched alkanes of at least 4 members (excludes halogenated alkanes) is 1. The predicted octanol–water partition coefficient (Wildman–Crippen LogP) is 3.38. The maximum atomic E-state index is 12.5. The van der Waals surface area contributed by atoms with Crippen LogP contribution in [0.1, 0.15) is 59.8 Å². The number of carbonyl (C=O) groups excluding carboxylic acids is 1. The van der Waals surface area contributed by atoms with Gasteiger partial charge in [-0.3, -0.25) is 4.99 Å². The molecule has 1 unspecified atom stereocenters. The van der Waals surface area contributed by atoms with Crippen molar-refractivity contribution in [2.45, 2.75) is 71.4 Å². The third-order valence-corrected chi connectivity index (χ3v) is 4.20. The lowest BCUT2D eigenvalue weighted by atomic mass is 10.0. The number of amides is 1. The molecule has 1 aliphatic rings. The first-order chi connectivity index (χ1) is 12.4. The Bertz CT molecular complexity index is 441. The molecule has 1 amide bonds. The number of carbonyl (C=O) groups is 1. The summed E-state index contributed by atoms with van der Waals surface area (Å²) >= 11 is 0. The van der Waals surface area contributed by atoms with E-state index in [4.69, 9.17) is 9.47 Å². The van der Waals surface area contributed by atoms with Crippen molar-refractivity contribution in [1.82, 2.24) is 15.5 Å². The Morgan fingerprint density at radius 2 is 1.96 bits per heavy atom. The summed E-state index contributed by atoms with van der Waals surface area (Å²) in [7, 11) is 1.77. The van der Waals surface area contributed by atoms with E-state index in [0.29, 0.717) is 6.54 Å². The number of rotatable bonds is 8. The van der Waals surface area contributed by atoms with Crippen LogP contribution < -0.4 is 10.6 Å². The van der Waals surface area contributed by atoms with E-state index in [9.17, 15) is 4.79 Å². The molecule has 0 spiro atoms. The summed E-state index contributed by atoms with van der Waals surface area (Å²) < 4.78 is 10.9. The zero-order valence-corrected chi connectivity index (χ0v) is 20.0. The van der Waals surface area contributed by atoms with Gasteiger partial charge in [-0.2, -0.15) is 0 Å². The molecule has 1 saturated heterocycles. The predicted molar refractivity (Wildman–Crippen MR) is 121 cm³/mol. The van der Waals surface area contributed by atoms with Crippen molar-refractivity contribution in [3.63, 3.8) is 0 Å². The van der Waals surface area contributed by atoms with Crippen LogP contribution in [0.4, 0.5) is 4.79 Å². The average Bonchev–Trinajstić information content (AvgIpc) is 2.59. The summed E-state index contributed by atoms with van der Waals surface area (Å²) in [5, 5.41) is 6.66. The van der Waals surface area contributed by atoms with E-state index >= 15 is 0 Å². The van der Waals surface area contributed by atoms with Crippen LogP contribution in [0.2, 0.25) is 0 Å². The molecule has 0 aliphatic carbocycles. The number of aliphatic imine (C=N–C) groups is 1. The van der Waals surface area contributed by atoms with Crippen LogP contribution in [0.5, 0.6) is 0 Å². The number of hydrogen-bond donors (Lipinski definition) is 2. The van der Waals surface area contributed by atoms with E-state index in [0.717, 1.165) is 64.4 Å². The Morgan fingerprint density at radius 1 is 1.22 bits per heavy atom. The molecule has 2 N–H and O–H groups in total. The lowest BCUT2D eigenvalue weighted by molar-refractivity contribution is 0.0104. The Hall–Kier alpha value is -0.770. The van der Waals surface area contributed by atoms with E-state index in [1.54, 1.807) is 7.05 Å². The number of halogens is 1. The summed E-state index contributed by atoms with van der Waals surface area (Å²) in [6.45, 7) is 11.6. The SMILES string of the molecule is CCOCCCCNC(=NC)NCC1CCCCN1C(=O)OC(C)(C)C.I. The number of guanidine groups is 1. The summed E-state index contributed by atoms with van der Waals surface area (Å²) in [6.07, 6.45) is 5.00. The first-order valence-electron chi connectivity index (χ1n) is 9.89. The molecule has 0 radical (unpaired) electrons. The molecule has 1 heterocycles. The number of likely N-dealkylation sites (tertiary alicyclic amines) is 1. The molecule has 1 aliphatic heterocycles. The standard InChI is InChI=1S/C19H38N4O3.HI/c1-6-25-14-10-8-12-21-17(20-5)22-15-16-11-7-9-13-23(16)18(24)26-19(2,3)4;/h16H,6-15H2,1-5H3,(H2,20,21,22);1H. The topological polar surface area (TPSA) is 75.2 Å². The highest BCUT2D eigenvalue weighted by Crippen LogP contribution is 2.20. The van der Waals surface area contributed by atoms with Crippen molar-refractivity contribution < 1.29 is 14.3 Å². The zero-order valence-electron chi connectivity index (χ0n) is 17.7. The zero-order chi connectivity index (χ0) is 19.4. The first kappa shape index (κ1) is 26.2. The maximum Gasteiger partial charge on any atom is 0.410 e. The van der Waals surface area contributed by atoms with Gasteiger partial charge in [0.05, 0.1) is 6.04 Å². The van der Waals surface area contributed by atoms with Crippen LogP contribution in [0.3, 0.4) is 0 Å². The minimum absolute atomic E-state index is 0. The molecule has 160 valence electrons. The molecular formula is C19H39IN4O3. The highest BCUT2D eigenvalue weighted by atomic mass is 127. The van der Waals surface area contributed by atoms with Gasteiger partial charge in [0, 0.05) is 39.9 Å². The summed E-state index contributed by atoms with van der Waals surface area (Å²) in [6, 6.07) is 0.134. The molecule has 0 aromatic heterocycles. The third kappa shape index (κ3) is 11.6. The molecule has 8 heteroatoms. The van der Waals surface area contributed by atoms with Crippen LogP contribution in [0.15, 0.2) is 4.99 Å². The van der Waals surface area contributed by atoms with Gasteiger partial charge >= 0.3 is 6.09 Å². The van der Waals surface area contributed by atoms with Crippen LogP contribution >= 0.6 is 24.0 Å². The summed E-state index contributed by atoms with van der Waals surface area (Å²) in [4.78, 5) is 18.6. The quantitative estimate of drug-likeness (QED) is 0.232. The monoisotopic (exact) mass is 498 g/mol. The molecule has 7 nitrogen and oxygen atoms in total. The van der Waals surface area contributed by atoms with E-state index in [2.05, 4.69) is 15.6 Å². The van der Waals surface area contributed by atoms with Gasteiger partial charge in [0.1, 0.15) is 5.60 Å². The second-order valence-corrected chi connectivity index (χ2v) is 7.61. The number of piperidine rings is 1. The summed E-state index contributed by atoms with van der Waals surface area (Å²) in [5.41, 5.74) is -0.467. The minimum atomic E-state index is -0.467. The fraction of sp³-hybridized carbons (Fsp3) is 0.895. The van der Waals surface area contributed by atoms with Crippen molar-refractivity contribution in [3.05, 3.63) is 0 Å². The lowest BCUT2D eigenvalue weighted by Gasteiger charge is -2.37. The Kier molecular flexibility index (Phi) is 13.9. The first-order valence-corrected chi connectivity index (χ1v) is 9.89. The van der Waals surface area contributed by atoms with Crippen LogP contribution in [-0.2, 0) is 9.47 Å². The molecule has 0 saturated carbocycles. The van der Waals surface area contributed by atoms with Gasteiger partial charge in [-0.25, -0.2) is 4.79 Å². The molecule has 0 aromatic rings. The smallest absolute Gasteiger partial charge is 0.410 e.